The van der Waals surface area contributed by atoms with Gasteiger partial charge in [0.25, 0.3) is 0 Å². The molecule has 1 rings (SSSR count). The molecule has 4 nitrogen and oxygen atoms in total. The van der Waals surface area contributed by atoms with Crippen LogP contribution in [0, 0.1) is 0 Å². The number of hydrogen-bond donors (Lipinski definition) is 0. The monoisotopic (exact) mass is 298 g/mol. The van der Waals surface area contributed by atoms with Gasteiger partial charge < -0.3 is 9.47 Å². The van der Waals surface area contributed by atoms with E-state index in [0.29, 0.717) is 5.75 Å². The van der Waals surface area contributed by atoms with Crippen molar-refractivity contribution in [2.75, 3.05) is 6.61 Å². The van der Waals surface area contributed by atoms with Crippen LogP contribution in [0.4, 0.5) is 0 Å². The minimum atomic E-state index is -0.625. The third-order valence-corrected chi connectivity index (χ3v) is 2.20. The molecule has 17 heavy (non-hydrogen) atoms. The van der Waals surface area contributed by atoms with Crippen LogP contribution in [0.25, 0.3) is 0 Å². The molecule has 0 spiro atoms. The summed E-state index contributed by atoms with van der Waals surface area (Å²) < 4.78 is 10.5. The number of carbonyl (C=O) groups excluding carboxylic acids is 2. The summed E-state index contributed by atoms with van der Waals surface area (Å²) in [5.74, 6) is -0.785. The first-order chi connectivity index (χ1) is 8.11. The van der Waals surface area contributed by atoms with Gasteiger partial charge in [-0.15, -0.1) is 0 Å². The van der Waals surface area contributed by atoms with Gasteiger partial charge in [-0.2, -0.15) is 0 Å². The smallest absolute Gasteiger partial charge is 0.336 e. The molecule has 0 amide bonds. The fourth-order valence-corrected chi connectivity index (χ4v) is 1.24. The first-order valence-electron chi connectivity index (χ1n) is 4.94. The zero-order chi connectivity index (χ0) is 12.7. The van der Waals surface area contributed by atoms with E-state index in [1.807, 2.05) is 0 Å². The molecule has 0 aromatic heterocycles. The fraction of sp³-hybridized carbons (Fsp3) is 0.167. The molecular weight excluding hydrogens is 288 g/mol. The molecule has 0 aliphatic heterocycles. The van der Waals surface area contributed by atoms with Crippen molar-refractivity contribution in [3.05, 3.63) is 40.9 Å². The Labute approximate surface area is 107 Å². The molecular formula is C12H11BrO4. The highest BCUT2D eigenvalue weighted by Gasteiger charge is 2.02. The predicted molar refractivity (Wildman–Crippen MR) is 65.6 cm³/mol. The lowest BCUT2D eigenvalue weighted by atomic mass is 10.3. The molecule has 1 aromatic carbocycles. The van der Waals surface area contributed by atoms with Crippen LogP contribution in [0.15, 0.2) is 40.9 Å². The fourth-order valence-electron chi connectivity index (χ4n) is 0.979. The van der Waals surface area contributed by atoms with Gasteiger partial charge >= 0.3 is 11.9 Å². The van der Waals surface area contributed by atoms with Crippen molar-refractivity contribution < 1.29 is 19.1 Å². The van der Waals surface area contributed by atoms with Crippen molar-refractivity contribution in [3.8, 4) is 5.75 Å². The van der Waals surface area contributed by atoms with Gasteiger partial charge in [0.05, 0.1) is 6.61 Å². The van der Waals surface area contributed by atoms with E-state index in [-0.39, 0.29) is 6.61 Å². The Hall–Kier alpha value is -1.62. The molecule has 0 atom stereocenters. The molecule has 0 unspecified atom stereocenters. The quantitative estimate of drug-likeness (QED) is 0.487. The van der Waals surface area contributed by atoms with E-state index in [2.05, 4.69) is 20.7 Å². The van der Waals surface area contributed by atoms with Gasteiger partial charge in [0.2, 0.25) is 0 Å². The average molecular weight is 299 g/mol. The van der Waals surface area contributed by atoms with Gasteiger partial charge in [0, 0.05) is 16.6 Å². The van der Waals surface area contributed by atoms with Gasteiger partial charge in [-0.3, -0.25) is 0 Å². The highest BCUT2D eigenvalue weighted by atomic mass is 79.9. The highest BCUT2D eigenvalue weighted by molar-refractivity contribution is 9.10. The van der Waals surface area contributed by atoms with Gasteiger partial charge in [-0.05, 0) is 31.2 Å². The lowest BCUT2D eigenvalue weighted by Crippen LogP contribution is -2.06. The van der Waals surface area contributed by atoms with Crippen LogP contribution in [-0.2, 0) is 14.3 Å². The molecule has 90 valence electrons. The SMILES string of the molecule is CCOC(=O)/C=C/C(=O)Oc1ccc(Br)cc1. The minimum Gasteiger partial charge on any atom is -0.463 e. The Balaban J connectivity index is 2.49. The summed E-state index contributed by atoms with van der Waals surface area (Å²) in [5, 5.41) is 0. The van der Waals surface area contributed by atoms with Crippen molar-refractivity contribution in [1.82, 2.24) is 0 Å². The number of rotatable bonds is 4. The summed E-state index contributed by atoms with van der Waals surface area (Å²) in [6.45, 7) is 1.96. The molecule has 0 saturated carbocycles. The summed E-state index contributed by atoms with van der Waals surface area (Å²) in [5.41, 5.74) is 0. The first-order valence-corrected chi connectivity index (χ1v) is 5.73. The molecule has 0 heterocycles. The van der Waals surface area contributed by atoms with E-state index in [1.54, 1.807) is 31.2 Å². The first kappa shape index (κ1) is 13.4. The lowest BCUT2D eigenvalue weighted by molar-refractivity contribution is -0.138. The average Bonchev–Trinajstić information content (AvgIpc) is 2.30. The van der Waals surface area contributed by atoms with Gasteiger partial charge in [0.1, 0.15) is 5.75 Å². The Kier molecular flexibility index (Phi) is 5.42. The molecule has 0 aliphatic carbocycles. The van der Waals surface area contributed by atoms with Gasteiger partial charge in [-0.1, -0.05) is 15.9 Å². The molecule has 0 fully saturated rings. The molecule has 0 N–H and O–H groups in total. The molecule has 0 radical (unpaired) electrons. The minimum absolute atomic E-state index is 0.269. The second-order valence-electron chi connectivity index (χ2n) is 2.96. The zero-order valence-corrected chi connectivity index (χ0v) is 10.8. The van der Waals surface area contributed by atoms with Crippen molar-refractivity contribution in [3.63, 3.8) is 0 Å². The van der Waals surface area contributed by atoms with Crippen LogP contribution in [0.2, 0.25) is 0 Å². The van der Waals surface area contributed by atoms with E-state index in [4.69, 9.17) is 4.74 Å². The highest BCUT2D eigenvalue weighted by Crippen LogP contribution is 2.16. The summed E-state index contributed by atoms with van der Waals surface area (Å²) in [4.78, 5) is 22.2. The van der Waals surface area contributed by atoms with Gasteiger partial charge in [0.15, 0.2) is 0 Å². The Bertz CT molecular complexity index is 423. The van der Waals surface area contributed by atoms with Crippen molar-refractivity contribution in [2.24, 2.45) is 0 Å². The van der Waals surface area contributed by atoms with E-state index < -0.39 is 11.9 Å². The predicted octanol–water partition coefficient (Wildman–Crippen LogP) is 2.47. The van der Waals surface area contributed by atoms with Crippen LogP contribution < -0.4 is 4.74 Å². The maximum absolute atomic E-state index is 11.3. The molecule has 0 bridgehead atoms. The van der Waals surface area contributed by atoms with Crippen molar-refractivity contribution in [2.45, 2.75) is 6.92 Å². The van der Waals surface area contributed by atoms with Crippen molar-refractivity contribution >= 4 is 27.9 Å². The summed E-state index contributed by atoms with van der Waals surface area (Å²) in [7, 11) is 0. The summed E-state index contributed by atoms with van der Waals surface area (Å²) in [6, 6.07) is 6.77. The molecule has 0 aliphatic rings. The maximum Gasteiger partial charge on any atom is 0.336 e. The van der Waals surface area contributed by atoms with E-state index in [1.165, 1.54) is 0 Å². The van der Waals surface area contributed by atoms with E-state index in [0.717, 1.165) is 16.6 Å². The van der Waals surface area contributed by atoms with Crippen LogP contribution >= 0.6 is 15.9 Å². The third kappa shape index (κ3) is 5.31. The number of ether oxygens (including phenoxy) is 2. The largest absolute Gasteiger partial charge is 0.463 e. The number of hydrogen-bond acceptors (Lipinski definition) is 4. The Morgan fingerprint density at radius 2 is 1.76 bits per heavy atom. The Morgan fingerprint density at radius 1 is 1.18 bits per heavy atom. The number of benzene rings is 1. The standard InChI is InChI=1S/C12H11BrO4/c1-2-16-11(14)7-8-12(15)17-10-5-3-9(13)4-6-10/h3-8H,2H2,1H3/b8-7+. The zero-order valence-electron chi connectivity index (χ0n) is 9.18. The van der Waals surface area contributed by atoms with Crippen LogP contribution in [-0.4, -0.2) is 18.5 Å². The van der Waals surface area contributed by atoms with Gasteiger partial charge in [-0.25, -0.2) is 9.59 Å². The summed E-state index contributed by atoms with van der Waals surface area (Å²) in [6.07, 6.45) is 2.06. The van der Waals surface area contributed by atoms with E-state index >= 15 is 0 Å². The number of halogens is 1. The van der Waals surface area contributed by atoms with Crippen LogP contribution in [0.5, 0.6) is 5.75 Å². The normalized spacial score (nSPS) is 10.2. The van der Waals surface area contributed by atoms with Crippen molar-refractivity contribution in [1.29, 1.82) is 0 Å². The number of carbonyl (C=O) groups is 2. The van der Waals surface area contributed by atoms with Crippen LogP contribution in [0.1, 0.15) is 6.92 Å². The molecule has 0 saturated heterocycles. The second kappa shape index (κ2) is 6.85. The molecule has 5 heteroatoms. The van der Waals surface area contributed by atoms with E-state index in [9.17, 15) is 9.59 Å². The molecule has 1 aromatic rings. The maximum atomic E-state index is 11.3. The lowest BCUT2D eigenvalue weighted by Gasteiger charge is -2.00. The topological polar surface area (TPSA) is 52.6 Å². The Morgan fingerprint density at radius 3 is 2.35 bits per heavy atom. The summed E-state index contributed by atoms with van der Waals surface area (Å²) >= 11 is 3.26. The third-order valence-electron chi connectivity index (χ3n) is 1.67. The number of esters is 2. The van der Waals surface area contributed by atoms with Crippen LogP contribution in [0.3, 0.4) is 0 Å². The second-order valence-corrected chi connectivity index (χ2v) is 3.88.